The average Bonchev–Trinajstić information content (AvgIpc) is 3.17. The second kappa shape index (κ2) is 9.53. The first-order valence-corrected chi connectivity index (χ1v) is 12.2. The number of hydrogen-bond donors (Lipinski definition) is 0. The number of fused-ring (bicyclic) bond motifs is 2. The van der Waals surface area contributed by atoms with Gasteiger partial charge in [0.15, 0.2) is 16.9 Å². The van der Waals surface area contributed by atoms with Crippen molar-refractivity contribution in [2.45, 2.75) is 39.7 Å². The molecule has 5 rings (SSSR count). The minimum atomic E-state index is -0.672. The first kappa shape index (κ1) is 23.7. The normalized spacial score (nSPS) is 14.8. The summed E-state index contributed by atoms with van der Waals surface area (Å²) in [6.07, 6.45) is 1.96. The molecule has 0 saturated carbocycles. The zero-order chi connectivity index (χ0) is 25.4. The van der Waals surface area contributed by atoms with Gasteiger partial charge in [-0.25, -0.2) is 0 Å². The molecule has 184 valence electrons. The summed E-state index contributed by atoms with van der Waals surface area (Å²) in [6, 6.07) is 18.0. The van der Waals surface area contributed by atoms with E-state index in [0.717, 1.165) is 29.5 Å². The van der Waals surface area contributed by atoms with Crippen LogP contribution in [0.4, 0.5) is 5.69 Å². The third-order valence-electron chi connectivity index (χ3n) is 6.56. The Labute approximate surface area is 210 Å². The fourth-order valence-electron chi connectivity index (χ4n) is 4.75. The number of benzene rings is 3. The van der Waals surface area contributed by atoms with Crippen molar-refractivity contribution in [1.82, 2.24) is 0 Å². The molecule has 0 radical (unpaired) electrons. The van der Waals surface area contributed by atoms with Crippen molar-refractivity contribution >= 4 is 22.6 Å². The minimum Gasteiger partial charge on any atom is -0.493 e. The fraction of sp³-hybridized carbons (Fsp3) is 0.267. The molecule has 6 nitrogen and oxygen atoms in total. The van der Waals surface area contributed by atoms with Gasteiger partial charge in [0.1, 0.15) is 5.58 Å². The third-order valence-corrected chi connectivity index (χ3v) is 6.56. The number of hydrogen-bond acceptors (Lipinski definition) is 5. The van der Waals surface area contributed by atoms with Gasteiger partial charge in [0.05, 0.1) is 30.7 Å². The van der Waals surface area contributed by atoms with Crippen molar-refractivity contribution in [1.29, 1.82) is 0 Å². The Morgan fingerprint density at radius 3 is 2.50 bits per heavy atom. The molecule has 1 unspecified atom stereocenters. The van der Waals surface area contributed by atoms with Crippen LogP contribution in [0.3, 0.4) is 0 Å². The van der Waals surface area contributed by atoms with Gasteiger partial charge in [-0.2, -0.15) is 0 Å². The van der Waals surface area contributed by atoms with Crippen molar-refractivity contribution in [2.75, 3.05) is 18.6 Å². The van der Waals surface area contributed by atoms with Crippen molar-refractivity contribution in [3.63, 3.8) is 0 Å². The van der Waals surface area contributed by atoms with E-state index < -0.39 is 6.04 Å². The van der Waals surface area contributed by atoms with Crippen LogP contribution in [-0.4, -0.2) is 19.6 Å². The molecule has 0 fully saturated rings. The SMILES string of the molecule is CCCCOc1ccc(C2c3c(oc4ccc(C)cc4c3=O)C(=O)N2c2cccc(C)c2)cc1OC. The number of nitrogens with zero attached hydrogens (tertiary/aromatic N) is 1. The Balaban J connectivity index is 1.72. The fourth-order valence-corrected chi connectivity index (χ4v) is 4.75. The van der Waals surface area contributed by atoms with Gasteiger partial charge in [0, 0.05) is 5.69 Å². The molecule has 1 amide bonds. The molecule has 0 aliphatic carbocycles. The summed E-state index contributed by atoms with van der Waals surface area (Å²) >= 11 is 0. The minimum absolute atomic E-state index is 0.0742. The van der Waals surface area contributed by atoms with E-state index in [2.05, 4.69) is 6.92 Å². The molecule has 3 aromatic carbocycles. The summed E-state index contributed by atoms with van der Waals surface area (Å²) < 4.78 is 17.6. The number of carbonyl (C=O) groups is 1. The lowest BCUT2D eigenvalue weighted by atomic mass is 9.97. The lowest BCUT2D eigenvalue weighted by Gasteiger charge is -2.26. The number of rotatable bonds is 7. The van der Waals surface area contributed by atoms with Gasteiger partial charge in [0.25, 0.3) is 5.91 Å². The summed E-state index contributed by atoms with van der Waals surface area (Å²) in [4.78, 5) is 29.3. The van der Waals surface area contributed by atoms with E-state index in [1.54, 1.807) is 18.1 Å². The molecule has 0 bridgehead atoms. The molecule has 6 heteroatoms. The number of amides is 1. The molecule has 1 aliphatic heterocycles. The highest BCUT2D eigenvalue weighted by Crippen LogP contribution is 2.43. The smallest absolute Gasteiger partial charge is 0.295 e. The maximum absolute atomic E-state index is 13.8. The van der Waals surface area contributed by atoms with Crippen LogP contribution in [-0.2, 0) is 0 Å². The summed E-state index contributed by atoms with van der Waals surface area (Å²) in [7, 11) is 1.59. The Bertz CT molecular complexity index is 1520. The lowest BCUT2D eigenvalue weighted by molar-refractivity contribution is 0.0971. The van der Waals surface area contributed by atoms with E-state index >= 15 is 0 Å². The maximum Gasteiger partial charge on any atom is 0.295 e. The number of ether oxygens (including phenoxy) is 2. The number of methoxy groups -OCH3 is 1. The lowest BCUT2D eigenvalue weighted by Crippen LogP contribution is -2.29. The first-order chi connectivity index (χ1) is 17.4. The Morgan fingerprint density at radius 2 is 1.75 bits per heavy atom. The van der Waals surface area contributed by atoms with E-state index in [1.807, 2.05) is 68.4 Å². The highest BCUT2D eigenvalue weighted by atomic mass is 16.5. The molecular formula is C30H29NO5. The predicted octanol–water partition coefficient (Wildman–Crippen LogP) is 6.35. The number of aryl methyl sites for hydroxylation is 2. The molecule has 2 heterocycles. The van der Waals surface area contributed by atoms with E-state index in [9.17, 15) is 9.59 Å². The second-order valence-corrected chi connectivity index (χ2v) is 9.20. The molecule has 1 aromatic heterocycles. The van der Waals surface area contributed by atoms with Crippen LogP contribution in [0, 0.1) is 13.8 Å². The Morgan fingerprint density at radius 1 is 0.944 bits per heavy atom. The van der Waals surface area contributed by atoms with Gasteiger partial charge < -0.3 is 13.9 Å². The zero-order valence-corrected chi connectivity index (χ0v) is 21.0. The first-order valence-electron chi connectivity index (χ1n) is 12.2. The van der Waals surface area contributed by atoms with Gasteiger partial charge in [-0.05, 0) is 67.8 Å². The van der Waals surface area contributed by atoms with Crippen LogP contribution in [0.5, 0.6) is 11.5 Å². The van der Waals surface area contributed by atoms with Crippen molar-refractivity contribution in [3.05, 3.63) is 98.9 Å². The van der Waals surface area contributed by atoms with Gasteiger partial charge >= 0.3 is 0 Å². The largest absolute Gasteiger partial charge is 0.493 e. The topological polar surface area (TPSA) is 69.0 Å². The monoisotopic (exact) mass is 483 g/mol. The van der Waals surface area contributed by atoms with E-state index in [-0.39, 0.29) is 17.1 Å². The molecule has 0 N–H and O–H groups in total. The standard InChI is InChI=1S/C30H29NO5/c1-5-6-14-35-24-13-11-20(17-25(24)34-4)27-26-28(32)22-16-19(3)10-12-23(22)36-29(26)30(33)31(27)21-9-7-8-18(2)15-21/h7-13,15-17,27H,5-6,14H2,1-4H3. The van der Waals surface area contributed by atoms with Crippen molar-refractivity contribution in [3.8, 4) is 11.5 Å². The van der Waals surface area contributed by atoms with Gasteiger partial charge in [0.2, 0.25) is 5.76 Å². The number of unbranched alkanes of at least 4 members (excludes halogenated alkanes) is 1. The Hall–Kier alpha value is -4.06. The van der Waals surface area contributed by atoms with Gasteiger partial charge in [-0.1, -0.05) is 43.2 Å². The second-order valence-electron chi connectivity index (χ2n) is 9.20. The molecule has 1 atom stereocenters. The Kier molecular flexibility index (Phi) is 6.27. The van der Waals surface area contributed by atoms with Crippen LogP contribution in [0.25, 0.3) is 11.0 Å². The maximum atomic E-state index is 13.8. The quantitative estimate of drug-likeness (QED) is 0.287. The summed E-state index contributed by atoms with van der Waals surface area (Å²) in [5.74, 6) is 0.907. The van der Waals surface area contributed by atoms with Crippen LogP contribution in [0.15, 0.2) is 69.9 Å². The van der Waals surface area contributed by atoms with Crippen molar-refractivity contribution < 1.29 is 18.7 Å². The highest BCUT2D eigenvalue weighted by molar-refractivity contribution is 6.10. The summed E-state index contributed by atoms with van der Waals surface area (Å²) in [5.41, 5.74) is 3.92. The van der Waals surface area contributed by atoms with Crippen LogP contribution in [0.2, 0.25) is 0 Å². The summed E-state index contributed by atoms with van der Waals surface area (Å²) in [6.45, 7) is 6.59. The molecule has 0 saturated heterocycles. The van der Waals surface area contributed by atoms with Crippen LogP contribution in [0.1, 0.15) is 58.6 Å². The number of anilines is 1. The third kappa shape index (κ3) is 4.02. The van der Waals surface area contributed by atoms with Gasteiger partial charge in [-0.3, -0.25) is 14.5 Å². The molecular weight excluding hydrogens is 454 g/mol. The predicted molar refractivity (Wildman–Crippen MR) is 140 cm³/mol. The molecule has 0 spiro atoms. The molecule has 4 aromatic rings. The van der Waals surface area contributed by atoms with E-state index in [1.165, 1.54) is 0 Å². The highest BCUT2D eigenvalue weighted by Gasteiger charge is 2.44. The zero-order valence-electron chi connectivity index (χ0n) is 21.0. The van der Waals surface area contributed by atoms with Crippen LogP contribution < -0.4 is 19.8 Å². The average molecular weight is 484 g/mol. The van der Waals surface area contributed by atoms with Crippen molar-refractivity contribution in [2.24, 2.45) is 0 Å². The molecule has 36 heavy (non-hydrogen) atoms. The summed E-state index contributed by atoms with van der Waals surface area (Å²) in [5, 5.41) is 0.462. The van der Waals surface area contributed by atoms with E-state index in [4.69, 9.17) is 13.9 Å². The van der Waals surface area contributed by atoms with Gasteiger partial charge in [-0.15, -0.1) is 0 Å². The van der Waals surface area contributed by atoms with E-state index in [0.29, 0.717) is 40.3 Å². The molecule has 1 aliphatic rings. The van der Waals surface area contributed by atoms with Crippen LogP contribution >= 0.6 is 0 Å². The number of carbonyl (C=O) groups excluding carboxylic acids is 1.